The molecule has 0 atom stereocenters. The lowest BCUT2D eigenvalue weighted by molar-refractivity contribution is 0.433. The number of nitrogens with one attached hydrogen (secondary N) is 1. The van der Waals surface area contributed by atoms with Crippen molar-refractivity contribution in [2.24, 2.45) is 4.99 Å². The topological polar surface area (TPSA) is 74.8 Å². The fraction of sp³-hybridized carbons (Fsp3) is 0.188. The molecule has 114 valence electrons. The molecule has 0 amide bonds. The van der Waals surface area contributed by atoms with Gasteiger partial charge in [-0.1, -0.05) is 12.1 Å². The zero-order valence-corrected chi connectivity index (χ0v) is 13.3. The lowest BCUT2D eigenvalue weighted by Crippen LogP contribution is -2.11. The molecular formula is C16H16N2O3S. The first-order chi connectivity index (χ1) is 10.4. The van der Waals surface area contributed by atoms with Crippen molar-refractivity contribution in [1.29, 1.82) is 0 Å². The molecule has 0 spiro atoms. The van der Waals surface area contributed by atoms with E-state index in [4.69, 9.17) is 16.6 Å². The molecule has 0 unspecified atom stereocenters. The van der Waals surface area contributed by atoms with Crippen molar-refractivity contribution in [3.05, 3.63) is 57.1 Å². The van der Waals surface area contributed by atoms with Gasteiger partial charge in [-0.05, 0) is 50.2 Å². The van der Waals surface area contributed by atoms with Crippen LogP contribution in [0.2, 0.25) is 0 Å². The van der Waals surface area contributed by atoms with Gasteiger partial charge in [0.1, 0.15) is 17.1 Å². The highest BCUT2D eigenvalue weighted by atomic mass is 32.1. The van der Waals surface area contributed by atoms with Gasteiger partial charge in [-0.3, -0.25) is 0 Å². The maximum absolute atomic E-state index is 11.6. The van der Waals surface area contributed by atoms with E-state index in [1.54, 1.807) is 6.92 Å². The average Bonchev–Trinajstić information content (AvgIpc) is 2.42. The normalized spacial score (nSPS) is 10.9. The van der Waals surface area contributed by atoms with Gasteiger partial charge in [0.2, 0.25) is 0 Å². The number of rotatable bonds is 2. The summed E-state index contributed by atoms with van der Waals surface area (Å²) in [5, 5.41) is 12.9. The van der Waals surface area contributed by atoms with Gasteiger partial charge >= 0.3 is 5.63 Å². The SMILES string of the molecule is Cc1cc(O)c(C=NC(=S)Nc2cccc(C)c2C)c(=O)o1. The molecule has 2 N–H and O–H groups in total. The first-order valence-corrected chi connectivity index (χ1v) is 7.04. The molecule has 0 saturated heterocycles. The van der Waals surface area contributed by atoms with Gasteiger partial charge in [-0.15, -0.1) is 0 Å². The predicted molar refractivity (Wildman–Crippen MR) is 91.1 cm³/mol. The Bertz CT molecular complexity index is 810. The summed E-state index contributed by atoms with van der Waals surface area (Å²) in [6.45, 7) is 5.56. The Morgan fingerprint density at radius 1 is 1.36 bits per heavy atom. The van der Waals surface area contributed by atoms with Crippen LogP contribution in [0.4, 0.5) is 5.69 Å². The molecule has 0 radical (unpaired) electrons. The predicted octanol–water partition coefficient (Wildman–Crippen LogP) is 3.09. The molecule has 0 saturated carbocycles. The Morgan fingerprint density at radius 3 is 2.77 bits per heavy atom. The molecule has 1 aromatic carbocycles. The molecule has 2 aromatic rings. The van der Waals surface area contributed by atoms with Crippen LogP contribution in [0, 0.1) is 20.8 Å². The molecule has 0 fully saturated rings. The van der Waals surface area contributed by atoms with Crippen LogP contribution in [0.15, 0.2) is 38.5 Å². The van der Waals surface area contributed by atoms with Crippen molar-refractivity contribution in [2.45, 2.75) is 20.8 Å². The number of nitrogens with zero attached hydrogens (tertiary/aromatic N) is 1. The van der Waals surface area contributed by atoms with E-state index in [1.807, 2.05) is 32.0 Å². The van der Waals surface area contributed by atoms with Crippen LogP contribution in [0.25, 0.3) is 0 Å². The number of aliphatic imine (C=N–C) groups is 1. The molecule has 2 rings (SSSR count). The lowest BCUT2D eigenvalue weighted by Gasteiger charge is -2.09. The fourth-order valence-corrected chi connectivity index (χ4v) is 2.04. The molecule has 1 heterocycles. The molecule has 6 heteroatoms. The summed E-state index contributed by atoms with van der Waals surface area (Å²) in [5.41, 5.74) is 2.36. The molecule has 0 aliphatic rings. The second-order valence-corrected chi connectivity index (χ2v) is 5.27. The van der Waals surface area contributed by atoms with Crippen LogP contribution in [0.1, 0.15) is 22.5 Å². The number of aryl methyl sites for hydroxylation is 2. The molecule has 5 nitrogen and oxygen atoms in total. The van der Waals surface area contributed by atoms with E-state index in [0.29, 0.717) is 5.76 Å². The lowest BCUT2D eigenvalue weighted by atomic mass is 10.1. The zero-order chi connectivity index (χ0) is 16.3. The van der Waals surface area contributed by atoms with Crippen LogP contribution in [-0.4, -0.2) is 16.4 Å². The van der Waals surface area contributed by atoms with E-state index >= 15 is 0 Å². The van der Waals surface area contributed by atoms with Crippen molar-refractivity contribution in [1.82, 2.24) is 0 Å². The number of thiocarbonyl (C=S) groups is 1. The second-order valence-electron chi connectivity index (χ2n) is 4.88. The number of hydrogen-bond donors (Lipinski definition) is 2. The van der Waals surface area contributed by atoms with Crippen LogP contribution in [0.5, 0.6) is 5.75 Å². The summed E-state index contributed by atoms with van der Waals surface area (Å²) in [4.78, 5) is 15.6. The number of benzene rings is 1. The van der Waals surface area contributed by atoms with Crippen molar-refractivity contribution in [3.63, 3.8) is 0 Å². The Labute approximate surface area is 133 Å². The Hall–Kier alpha value is -2.47. The first-order valence-electron chi connectivity index (χ1n) is 6.63. The Morgan fingerprint density at radius 2 is 2.09 bits per heavy atom. The summed E-state index contributed by atoms with van der Waals surface area (Å²) in [6.07, 6.45) is 1.20. The van der Waals surface area contributed by atoms with Gasteiger partial charge in [-0.2, -0.15) is 0 Å². The highest BCUT2D eigenvalue weighted by molar-refractivity contribution is 7.80. The van der Waals surface area contributed by atoms with Gasteiger partial charge in [0.25, 0.3) is 0 Å². The van der Waals surface area contributed by atoms with E-state index in [-0.39, 0.29) is 16.4 Å². The van der Waals surface area contributed by atoms with Gasteiger partial charge in [0, 0.05) is 18.0 Å². The van der Waals surface area contributed by atoms with Crippen molar-refractivity contribution in [2.75, 3.05) is 5.32 Å². The fourth-order valence-electron chi connectivity index (χ4n) is 1.88. The second kappa shape index (κ2) is 6.53. The van der Waals surface area contributed by atoms with Crippen LogP contribution in [-0.2, 0) is 0 Å². The molecule has 1 aromatic heterocycles. The first kappa shape index (κ1) is 15.9. The third-order valence-electron chi connectivity index (χ3n) is 3.25. The Balaban J connectivity index is 2.19. The summed E-state index contributed by atoms with van der Waals surface area (Å²) in [5.74, 6) is 0.141. The monoisotopic (exact) mass is 316 g/mol. The number of aromatic hydroxyl groups is 1. The van der Waals surface area contributed by atoms with Crippen LogP contribution < -0.4 is 10.9 Å². The van der Waals surface area contributed by atoms with Crippen LogP contribution in [0.3, 0.4) is 0 Å². The van der Waals surface area contributed by atoms with E-state index in [2.05, 4.69) is 10.3 Å². The van der Waals surface area contributed by atoms with Gasteiger partial charge in [0.05, 0.1) is 0 Å². The molecule has 0 bridgehead atoms. The van der Waals surface area contributed by atoms with Gasteiger partial charge < -0.3 is 14.8 Å². The van der Waals surface area contributed by atoms with E-state index < -0.39 is 5.63 Å². The largest absolute Gasteiger partial charge is 0.507 e. The molecular weight excluding hydrogens is 300 g/mol. The third-order valence-corrected chi connectivity index (χ3v) is 3.45. The highest BCUT2D eigenvalue weighted by Crippen LogP contribution is 2.18. The smallest absolute Gasteiger partial charge is 0.348 e. The third kappa shape index (κ3) is 3.59. The van der Waals surface area contributed by atoms with E-state index in [9.17, 15) is 9.90 Å². The highest BCUT2D eigenvalue weighted by Gasteiger charge is 2.08. The quantitative estimate of drug-likeness (QED) is 0.658. The summed E-state index contributed by atoms with van der Waals surface area (Å²) in [6, 6.07) is 7.16. The molecule has 0 aliphatic heterocycles. The zero-order valence-electron chi connectivity index (χ0n) is 12.5. The summed E-state index contributed by atoms with van der Waals surface area (Å²) in [7, 11) is 0. The van der Waals surface area contributed by atoms with Crippen molar-refractivity contribution >= 4 is 29.2 Å². The van der Waals surface area contributed by atoms with Crippen LogP contribution >= 0.6 is 12.2 Å². The maximum Gasteiger partial charge on any atom is 0.348 e. The number of hydrogen-bond acceptors (Lipinski definition) is 4. The summed E-state index contributed by atoms with van der Waals surface area (Å²) >= 11 is 5.13. The molecule has 22 heavy (non-hydrogen) atoms. The van der Waals surface area contributed by atoms with Gasteiger partial charge in [0.15, 0.2) is 5.11 Å². The maximum atomic E-state index is 11.6. The summed E-state index contributed by atoms with van der Waals surface area (Å²) < 4.78 is 4.90. The Kier molecular flexibility index (Phi) is 4.72. The van der Waals surface area contributed by atoms with Crippen molar-refractivity contribution < 1.29 is 9.52 Å². The average molecular weight is 316 g/mol. The standard InChI is InChI=1S/C16H16N2O3S/c1-9-5-4-6-13(11(9)3)18-16(22)17-8-12-14(19)7-10(2)21-15(12)20/h4-8,19H,1-3H3,(H,18,22). The van der Waals surface area contributed by atoms with Gasteiger partial charge in [-0.25, -0.2) is 9.79 Å². The molecule has 0 aliphatic carbocycles. The van der Waals surface area contributed by atoms with E-state index in [1.165, 1.54) is 12.3 Å². The van der Waals surface area contributed by atoms with Crippen molar-refractivity contribution in [3.8, 4) is 5.75 Å². The minimum Gasteiger partial charge on any atom is -0.507 e. The minimum atomic E-state index is -0.657. The number of anilines is 1. The van der Waals surface area contributed by atoms with E-state index in [0.717, 1.165) is 16.8 Å². The minimum absolute atomic E-state index is 0.0317.